The number of carbonyl (C=O) groups is 3. The van der Waals surface area contributed by atoms with Crippen molar-refractivity contribution in [3.05, 3.63) is 0 Å². The number of ether oxygens (including phenoxy) is 1. The lowest BCUT2D eigenvalue weighted by molar-refractivity contribution is -0.146. The van der Waals surface area contributed by atoms with E-state index in [9.17, 15) is 14.4 Å². The second-order valence-corrected chi connectivity index (χ2v) is 5.16. The van der Waals surface area contributed by atoms with Crippen LogP contribution in [0.5, 0.6) is 0 Å². The molecule has 3 N–H and O–H groups in total. The Balaban J connectivity index is 1.91. The van der Waals surface area contributed by atoms with Crippen molar-refractivity contribution < 1.29 is 19.1 Å². The van der Waals surface area contributed by atoms with Gasteiger partial charge < -0.3 is 25.6 Å². The molecule has 2 aliphatic heterocycles. The van der Waals surface area contributed by atoms with Crippen molar-refractivity contribution in [3.63, 3.8) is 0 Å². The van der Waals surface area contributed by atoms with Gasteiger partial charge in [-0.1, -0.05) is 0 Å². The molecule has 2 aliphatic rings. The number of hydrogen-bond acceptors (Lipinski definition) is 5. The van der Waals surface area contributed by atoms with Gasteiger partial charge in [0.05, 0.1) is 26.3 Å². The third-order valence-corrected chi connectivity index (χ3v) is 3.80. The number of nitrogens with one attached hydrogen (secondary N) is 1. The molecule has 8 heteroatoms. The molecule has 3 amide bonds. The molecule has 0 radical (unpaired) electrons. The zero-order chi connectivity index (χ0) is 15.2. The van der Waals surface area contributed by atoms with Crippen LogP contribution in [0.2, 0.25) is 0 Å². The Bertz CT molecular complexity index is 409. The fraction of sp³-hybridized carbons (Fsp3) is 0.769. The highest BCUT2D eigenvalue weighted by Gasteiger charge is 2.36. The molecule has 2 rings (SSSR count). The maximum Gasteiger partial charge on any atom is 0.245 e. The van der Waals surface area contributed by atoms with Gasteiger partial charge in [-0.2, -0.15) is 0 Å². The first-order valence-electron chi connectivity index (χ1n) is 7.26. The third-order valence-electron chi connectivity index (χ3n) is 3.80. The van der Waals surface area contributed by atoms with E-state index in [4.69, 9.17) is 10.5 Å². The van der Waals surface area contributed by atoms with E-state index in [2.05, 4.69) is 5.32 Å². The monoisotopic (exact) mass is 298 g/mol. The first kappa shape index (κ1) is 15.7. The van der Waals surface area contributed by atoms with Gasteiger partial charge in [0.1, 0.15) is 6.04 Å². The van der Waals surface area contributed by atoms with E-state index in [0.717, 1.165) is 6.42 Å². The van der Waals surface area contributed by atoms with Crippen molar-refractivity contribution in [3.8, 4) is 0 Å². The summed E-state index contributed by atoms with van der Waals surface area (Å²) in [6, 6.07) is -0.412. The van der Waals surface area contributed by atoms with E-state index in [0.29, 0.717) is 39.3 Å². The molecule has 2 fully saturated rings. The third kappa shape index (κ3) is 3.92. The van der Waals surface area contributed by atoms with Gasteiger partial charge in [0.2, 0.25) is 17.7 Å². The summed E-state index contributed by atoms with van der Waals surface area (Å²) in [7, 11) is 0. The highest BCUT2D eigenvalue weighted by atomic mass is 16.5. The summed E-state index contributed by atoms with van der Waals surface area (Å²) in [5.74, 6) is -0.631. The molecule has 0 aromatic rings. The predicted molar refractivity (Wildman–Crippen MR) is 74.2 cm³/mol. The summed E-state index contributed by atoms with van der Waals surface area (Å²) in [5.41, 5.74) is 5.18. The van der Waals surface area contributed by atoms with Gasteiger partial charge >= 0.3 is 0 Å². The van der Waals surface area contributed by atoms with Gasteiger partial charge in [0.15, 0.2) is 0 Å². The van der Waals surface area contributed by atoms with E-state index < -0.39 is 6.04 Å². The molecule has 118 valence electrons. The Kier molecular flexibility index (Phi) is 5.51. The summed E-state index contributed by atoms with van der Waals surface area (Å²) in [6.07, 6.45) is 1.48. The highest BCUT2D eigenvalue weighted by molar-refractivity contribution is 5.91. The van der Waals surface area contributed by atoms with E-state index in [1.807, 2.05) is 0 Å². The standard InChI is InChI=1S/C13H22N4O4/c14-8-11(18)15-9-12(19)17-3-1-2-10(17)13(20)16-4-6-21-7-5-16/h10H,1-9,14H2,(H,15,18). The van der Waals surface area contributed by atoms with Gasteiger partial charge in [-0.25, -0.2) is 0 Å². The average Bonchev–Trinajstić information content (AvgIpc) is 3.01. The molecular weight excluding hydrogens is 276 g/mol. The molecule has 0 saturated carbocycles. The van der Waals surface area contributed by atoms with Crippen molar-refractivity contribution in [2.45, 2.75) is 18.9 Å². The Hall–Kier alpha value is -1.67. The van der Waals surface area contributed by atoms with E-state index in [1.165, 1.54) is 0 Å². The Labute approximate surface area is 123 Å². The maximum absolute atomic E-state index is 12.5. The summed E-state index contributed by atoms with van der Waals surface area (Å²) in [6.45, 7) is 2.52. The van der Waals surface area contributed by atoms with Crippen LogP contribution in [-0.2, 0) is 19.1 Å². The van der Waals surface area contributed by atoms with Crippen molar-refractivity contribution in [2.75, 3.05) is 45.9 Å². The number of hydrogen-bond donors (Lipinski definition) is 2. The van der Waals surface area contributed by atoms with Crippen LogP contribution in [0.15, 0.2) is 0 Å². The van der Waals surface area contributed by atoms with Crippen LogP contribution in [0.1, 0.15) is 12.8 Å². The van der Waals surface area contributed by atoms with Crippen LogP contribution >= 0.6 is 0 Å². The molecule has 0 aliphatic carbocycles. The zero-order valence-electron chi connectivity index (χ0n) is 12.0. The van der Waals surface area contributed by atoms with Crippen LogP contribution in [0.4, 0.5) is 0 Å². The minimum atomic E-state index is -0.412. The minimum absolute atomic E-state index is 0.0192. The van der Waals surface area contributed by atoms with Gasteiger partial charge in [-0.05, 0) is 12.8 Å². The van der Waals surface area contributed by atoms with Crippen LogP contribution in [-0.4, -0.2) is 79.5 Å². The fourth-order valence-corrected chi connectivity index (χ4v) is 2.66. The summed E-state index contributed by atoms with van der Waals surface area (Å²) in [4.78, 5) is 39.0. The van der Waals surface area contributed by atoms with E-state index in [-0.39, 0.29) is 30.8 Å². The molecule has 1 unspecified atom stereocenters. The number of carbonyl (C=O) groups excluding carboxylic acids is 3. The molecule has 0 aromatic carbocycles. The Morgan fingerprint density at radius 1 is 1.19 bits per heavy atom. The van der Waals surface area contributed by atoms with Crippen LogP contribution in [0.25, 0.3) is 0 Å². The lowest BCUT2D eigenvalue weighted by Gasteiger charge is -2.32. The Morgan fingerprint density at radius 2 is 1.90 bits per heavy atom. The van der Waals surface area contributed by atoms with Gasteiger partial charge in [0, 0.05) is 19.6 Å². The fourth-order valence-electron chi connectivity index (χ4n) is 2.66. The quantitative estimate of drug-likeness (QED) is 0.619. The van der Waals surface area contributed by atoms with Crippen molar-refractivity contribution >= 4 is 17.7 Å². The lowest BCUT2D eigenvalue weighted by Crippen LogP contribution is -2.52. The smallest absolute Gasteiger partial charge is 0.245 e. The van der Waals surface area contributed by atoms with Crippen molar-refractivity contribution in [2.24, 2.45) is 5.73 Å². The van der Waals surface area contributed by atoms with Gasteiger partial charge in [-0.3, -0.25) is 14.4 Å². The van der Waals surface area contributed by atoms with E-state index >= 15 is 0 Å². The summed E-state index contributed by atoms with van der Waals surface area (Å²) in [5, 5.41) is 2.45. The molecule has 8 nitrogen and oxygen atoms in total. The molecule has 1 atom stereocenters. The molecule has 0 bridgehead atoms. The molecule has 0 aromatic heterocycles. The molecular formula is C13H22N4O4. The van der Waals surface area contributed by atoms with E-state index in [1.54, 1.807) is 9.80 Å². The largest absolute Gasteiger partial charge is 0.378 e. The second kappa shape index (κ2) is 7.37. The number of rotatable bonds is 4. The first-order valence-corrected chi connectivity index (χ1v) is 7.26. The molecule has 2 heterocycles. The Morgan fingerprint density at radius 3 is 2.57 bits per heavy atom. The number of nitrogens with two attached hydrogens (primary N) is 1. The van der Waals surface area contributed by atoms with Crippen molar-refractivity contribution in [1.82, 2.24) is 15.1 Å². The minimum Gasteiger partial charge on any atom is -0.378 e. The normalized spacial score (nSPS) is 22.2. The number of morpholine rings is 1. The second-order valence-electron chi connectivity index (χ2n) is 5.16. The summed E-state index contributed by atoms with van der Waals surface area (Å²) >= 11 is 0. The molecule has 0 spiro atoms. The SMILES string of the molecule is NCC(=O)NCC(=O)N1CCCC1C(=O)N1CCOCC1. The maximum atomic E-state index is 12.5. The average molecular weight is 298 g/mol. The summed E-state index contributed by atoms with van der Waals surface area (Å²) < 4.78 is 5.23. The van der Waals surface area contributed by atoms with Crippen LogP contribution in [0.3, 0.4) is 0 Å². The van der Waals surface area contributed by atoms with Crippen molar-refractivity contribution in [1.29, 1.82) is 0 Å². The molecule has 21 heavy (non-hydrogen) atoms. The predicted octanol–water partition coefficient (Wildman–Crippen LogP) is -2.09. The topological polar surface area (TPSA) is 105 Å². The number of amides is 3. The van der Waals surface area contributed by atoms with Gasteiger partial charge in [-0.15, -0.1) is 0 Å². The van der Waals surface area contributed by atoms with Crippen LogP contribution in [0, 0.1) is 0 Å². The lowest BCUT2D eigenvalue weighted by atomic mass is 10.2. The highest BCUT2D eigenvalue weighted by Crippen LogP contribution is 2.20. The van der Waals surface area contributed by atoms with Crippen LogP contribution < -0.4 is 11.1 Å². The number of likely N-dealkylation sites (tertiary alicyclic amines) is 1. The zero-order valence-corrected chi connectivity index (χ0v) is 12.0. The first-order chi connectivity index (χ1) is 10.1. The van der Waals surface area contributed by atoms with Gasteiger partial charge in [0.25, 0.3) is 0 Å². The molecule has 2 saturated heterocycles. The number of nitrogens with zero attached hydrogens (tertiary/aromatic N) is 2.